The van der Waals surface area contributed by atoms with Crippen LogP contribution in [-0.4, -0.2) is 11.9 Å². The van der Waals surface area contributed by atoms with Gasteiger partial charge in [-0.3, -0.25) is 4.79 Å². The second-order valence-corrected chi connectivity index (χ2v) is 4.91. The Morgan fingerprint density at radius 1 is 0.750 bits per heavy atom. The van der Waals surface area contributed by atoms with Crippen LogP contribution in [-0.2, 0) is 11.0 Å². The molecule has 0 aliphatic carbocycles. The van der Waals surface area contributed by atoms with Crippen LogP contribution in [0.5, 0.6) is 0 Å². The van der Waals surface area contributed by atoms with Gasteiger partial charge in [0.2, 0.25) is 5.91 Å². The maximum atomic E-state index is 12.5. The van der Waals surface area contributed by atoms with Gasteiger partial charge in [-0.1, -0.05) is 0 Å². The minimum atomic E-state index is -4.42. The molecule has 0 unspecified atom stereocenters. The molecule has 0 bridgehead atoms. The van der Waals surface area contributed by atoms with E-state index in [1.165, 1.54) is 19.1 Å². The molecule has 3 amide bonds. The van der Waals surface area contributed by atoms with Crippen LogP contribution < -0.4 is 16.0 Å². The predicted octanol–water partition coefficient (Wildman–Crippen LogP) is 4.31. The van der Waals surface area contributed by atoms with E-state index in [1.54, 1.807) is 24.3 Å². The monoisotopic (exact) mass is 337 g/mol. The first-order chi connectivity index (χ1) is 11.2. The van der Waals surface area contributed by atoms with Gasteiger partial charge in [-0.2, -0.15) is 13.2 Å². The van der Waals surface area contributed by atoms with Crippen molar-refractivity contribution < 1.29 is 22.8 Å². The molecule has 24 heavy (non-hydrogen) atoms. The fourth-order valence-corrected chi connectivity index (χ4v) is 1.88. The summed E-state index contributed by atoms with van der Waals surface area (Å²) >= 11 is 0. The third-order valence-electron chi connectivity index (χ3n) is 2.93. The van der Waals surface area contributed by atoms with Gasteiger partial charge in [-0.05, 0) is 48.5 Å². The number of urea groups is 1. The molecule has 0 radical (unpaired) electrons. The summed E-state index contributed by atoms with van der Waals surface area (Å²) in [6.07, 6.45) is -4.42. The van der Waals surface area contributed by atoms with Crippen LogP contribution in [0, 0.1) is 0 Å². The molecule has 0 aliphatic rings. The largest absolute Gasteiger partial charge is 0.416 e. The molecule has 0 spiro atoms. The maximum absolute atomic E-state index is 12.5. The van der Waals surface area contributed by atoms with Crippen LogP contribution in [0.4, 0.5) is 35.0 Å². The number of carbonyl (C=O) groups is 2. The van der Waals surface area contributed by atoms with E-state index in [0.29, 0.717) is 11.4 Å². The number of nitrogens with one attached hydrogen (secondary N) is 3. The Kier molecular flexibility index (Phi) is 5.08. The van der Waals surface area contributed by atoms with Crippen LogP contribution in [0.2, 0.25) is 0 Å². The van der Waals surface area contributed by atoms with Crippen molar-refractivity contribution in [1.82, 2.24) is 0 Å². The molecule has 5 nitrogen and oxygen atoms in total. The number of benzene rings is 2. The van der Waals surface area contributed by atoms with Crippen molar-refractivity contribution in [3.63, 3.8) is 0 Å². The van der Waals surface area contributed by atoms with Gasteiger partial charge in [-0.15, -0.1) is 0 Å². The fraction of sp³-hybridized carbons (Fsp3) is 0.125. The molecule has 2 rings (SSSR count). The minimum absolute atomic E-state index is 0.212. The van der Waals surface area contributed by atoms with Gasteiger partial charge < -0.3 is 16.0 Å². The third-order valence-corrected chi connectivity index (χ3v) is 2.93. The van der Waals surface area contributed by atoms with E-state index < -0.39 is 17.8 Å². The van der Waals surface area contributed by atoms with E-state index in [-0.39, 0.29) is 11.6 Å². The number of carbonyl (C=O) groups excluding carboxylic acids is 2. The summed E-state index contributed by atoms with van der Waals surface area (Å²) in [6.45, 7) is 1.38. The average molecular weight is 337 g/mol. The topological polar surface area (TPSA) is 70.2 Å². The summed E-state index contributed by atoms with van der Waals surface area (Å²) in [4.78, 5) is 22.7. The van der Waals surface area contributed by atoms with Crippen LogP contribution in [0.1, 0.15) is 12.5 Å². The molecule has 0 saturated heterocycles. The molecule has 0 aliphatic heterocycles. The lowest BCUT2D eigenvalue weighted by molar-refractivity contribution is -0.137. The van der Waals surface area contributed by atoms with Crippen molar-refractivity contribution in [1.29, 1.82) is 0 Å². The highest BCUT2D eigenvalue weighted by Crippen LogP contribution is 2.29. The summed E-state index contributed by atoms with van der Waals surface area (Å²) < 4.78 is 37.4. The molecule has 0 heterocycles. The van der Waals surface area contributed by atoms with Gasteiger partial charge in [0.1, 0.15) is 0 Å². The molecule has 0 saturated carbocycles. The highest BCUT2D eigenvalue weighted by Gasteiger charge is 2.29. The zero-order valence-electron chi connectivity index (χ0n) is 12.6. The highest BCUT2D eigenvalue weighted by molar-refractivity contribution is 6.00. The molecule has 2 aromatic carbocycles. The molecule has 0 aromatic heterocycles. The summed E-state index contributed by atoms with van der Waals surface area (Å²) in [5.74, 6) is -0.212. The van der Waals surface area contributed by atoms with Gasteiger partial charge in [0.25, 0.3) is 0 Å². The summed E-state index contributed by atoms with van der Waals surface area (Å²) in [7, 11) is 0. The maximum Gasteiger partial charge on any atom is 0.416 e. The van der Waals surface area contributed by atoms with Crippen LogP contribution in [0.25, 0.3) is 0 Å². The zero-order valence-corrected chi connectivity index (χ0v) is 12.6. The Hall–Kier alpha value is -3.03. The minimum Gasteiger partial charge on any atom is -0.326 e. The molecule has 2 aromatic rings. The Morgan fingerprint density at radius 2 is 1.12 bits per heavy atom. The number of alkyl halides is 3. The summed E-state index contributed by atoms with van der Waals surface area (Å²) in [6, 6.07) is 9.89. The van der Waals surface area contributed by atoms with E-state index in [2.05, 4.69) is 16.0 Å². The second kappa shape index (κ2) is 7.03. The molecule has 0 atom stereocenters. The molecule has 8 heteroatoms. The molecule has 3 N–H and O–H groups in total. The van der Waals surface area contributed by atoms with E-state index in [9.17, 15) is 22.8 Å². The van der Waals surface area contributed by atoms with Crippen molar-refractivity contribution in [3.05, 3.63) is 54.1 Å². The first-order valence-corrected chi connectivity index (χ1v) is 6.87. The van der Waals surface area contributed by atoms with Crippen molar-refractivity contribution in [2.75, 3.05) is 16.0 Å². The number of halogens is 3. The van der Waals surface area contributed by atoms with Crippen molar-refractivity contribution >= 4 is 29.0 Å². The van der Waals surface area contributed by atoms with Crippen molar-refractivity contribution in [2.24, 2.45) is 0 Å². The van der Waals surface area contributed by atoms with Crippen molar-refractivity contribution in [3.8, 4) is 0 Å². The number of hydrogen-bond donors (Lipinski definition) is 3. The average Bonchev–Trinajstić information content (AvgIpc) is 2.48. The first kappa shape index (κ1) is 17.3. The van der Waals surface area contributed by atoms with E-state index in [0.717, 1.165) is 12.1 Å². The number of amides is 3. The SMILES string of the molecule is CC(=O)Nc1ccc(NC(=O)Nc2ccc(C(F)(F)F)cc2)cc1. The van der Waals surface area contributed by atoms with E-state index >= 15 is 0 Å². The Morgan fingerprint density at radius 3 is 1.50 bits per heavy atom. The van der Waals surface area contributed by atoms with Gasteiger partial charge >= 0.3 is 12.2 Å². The lowest BCUT2D eigenvalue weighted by atomic mass is 10.2. The first-order valence-electron chi connectivity index (χ1n) is 6.87. The molecule has 126 valence electrons. The van der Waals surface area contributed by atoms with Crippen LogP contribution >= 0.6 is 0 Å². The van der Waals surface area contributed by atoms with Gasteiger partial charge in [0.15, 0.2) is 0 Å². The lowest BCUT2D eigenvalue weighted by Crippen LogP contribution is -2.19. The third kappa shape index (κ3) is 5.01. The van der Waals surface area contributed by atoms with E-state index in [1.807, 2.05) is 0 Å². The fourth-order valence-electron chi connectivity index (χ4n) is 1.88. The van der Waals surface area contributed by atoms with Gasteiger partial charge in [0.05, 0.1) is 5.56 Å². The van der Waals surface area contributed by atoms with Crippen molar-refractivity contribution in [2.45, 2.75) is 13.1 Å². The summed E-state index contributed by atoms with van der Waals surface area (Å²) in [5.41, 5.74) is 0.488. The zero-order chi connectivity index (χ0) is 17.7. The number of anilines is 3. The Bertz CT molecular complexity index is 726. The molecular weight excluding hydrogens is 323 g/mol. The highest BCUT2D eigenvalue weighted by atomic mass is 19.4. The van der Waals surface area contributed by atoms with E-state index in [4.69, 9.17) is 0 Å². The quantitative estimate of drug-likeness (QED) is 0.781. The molecular formula is C16H14F3N3O2. The van der Waals surface area contributed by atoms with Gasteiger partial charge in [0, 0.05) is 24.0 Å². The Labute approximate surface area is 135 Å². The second-order valence-electron chi connectivity index (χ2n) is 4.91. The van der Waals surface area contributed by atoms with Crippen LogP contribution in [0.3, 0.4) is 0 Å². The molecule has 0 fully saturated rings. The smallest absolute Gasteiger partial charge is 0.326 e. The normalized spacial score (nSPS) is 10.8. The predicted molar refractivity (Wildman–Crippen MR) is 84.8 cm³/mol. The Balaban J connectivity index is 1.94. The lowest BCUT2D eigenvalue weighted by Gasteiger charge is -2.10. The van der Waals surface area contributed by atoms with Crippen LogP contribution in [0.15, 0.2) is 48.5 Å². The summed E-state index contributed by atoms with van der Waals surface area (Å²) in [5, 5.41) is 7.54. The number of rotatable bonds is 3. The standard InChI is InChI=1S/C16H14F3N3O2/c1-10(23)20-12-6-8-14(9-7-12)22-15(24)21-13-4-2-11(3-5-13)16(17,18)19/h2-9H,1H3,(H,20,23)(H2,21,22,24). The number of hydrogen-bond acceptors (Lipinski definition) is 2. The van der Waals surface area contributed by atoms with Gasteiger partial charge in [-0.25, -0.2) is 4.79 Å².